The standard InChI is InChI=1S/C17H20FN3O2S/c1-12-7-8-24-15(12)11-21(2)16(22)10-20-17(23)19-9-13-3-5-14(18)6-4-13/h3-8H,9-11H2,1-2H3,(H2,19,20,23). The lowest BCUT2D eigenvalue weighted by Gasteiger charge is -2.17. The Morgan fingerprint density at radius 1 is 1.17 bits per heavy atom. The topological polar surface area (TPSA) is 61.4 Å². The number of benzene rings is 1. The van der Waals surface area contributed by atoms with Gasteiger partial charge < -0.3 is 15.5 Å². The molecule has 0 aliphatic rings. The van der Waals surface area contributed by atoms with Gasteiger partial charge in [-0.15, -0.1) is 11.3 Å². The van der Waals surface area contributed by atoms with Crippen molar-refractivity contribution in [2.24, 2.45) is 0 Å². The van der Waals surface area contributed by atoms with Gasteiger partial charge in [-0.05, 0) is 41.6 Å². The van der Waals surface area contributed by atoms with Gasteiger partial charge in [-0.1, -0.05) is 12.1 Å². The van der Waals surface area contributed by atoms with Crippen molar-refractivity contribution in [2.45, 2.75) is 20.0 Å². The van der Waals surface area contributed by atoms with Crippen LogP contribution in [0.2, 0.25) is 0 Å². The molecule has 0 saturated carbocycles. The van der Waals surface area contributed by atoms with Gasteiger partial charge in [-0.25, -0.2) is 9.18 Å². The smallest absolute Gasteiger partial charge is 0.315 e. The lowest BCUT2D eigenvalue weighted by Crippen LogP contribution is -2.42. The van der Waals surface area contributed by atoms with Crippen LogP contribution in [0.1, 0.15) is 16.0 Å². The Hall–Kier alpha value is -2.41. The maximum atomic E-state index is 12.8. The Bertz CT molecular complexity index is 700. The average molecular weight is 349 g/mol. The number of aryl methyl sites for hydroxylation is 1. The van der Waals surface area contributed by atoms with E-state index >= 15 is 0 Å². The molecular formula is C17H20FN3O2S. The Labute approximate surface area is 144 Å². The van der Waals surface area contributed by atoms with Crippen molar-refractivity contribution in [3.8, 4) is 0 Å². The molecule has 0 spiro atoms. The number of halogens is 1. The van der Waals surface area contributed by atoms with Crippen LogP contribution in [0.15, 0.2) is 35.7 Å². The van der Waals surface area contributed by atoms with Crippen molar-refractivity contribution >= 4 is 23.3 Å². The van der Waals surface area contributed by atoms with E-state index in [9.17, 15) is 14.0 Å². The van der Waals surface area contributed by atoms with Crippen molar-refractivity contribution in [1.82, 2.24) is 15.5 Å². The molecule has 0 aliphatic carbocycles. The molecule has 1 aromatic carbocycles. The first-order chi connectivity index (χ1) is 11.5. The highest BCUT2D eigenvalue weighted by Gasteiger charge is 2.12. The molecule has 7 heteroatoms. The molecule has 3 amide bonds. The van der Waals surface area contributed by atoms with E-state index in [1.54, 1.807) is 35.4 Å². The fourth-order valence-corrected chi connectivity index (χ4v) is 2.97. The lowest BCUT2D eigenvalue weighted by atomic mass is 10.2. The van der Waals surface area contributed by atoms with Crippen molar-refractivity contribution in [3.63, 3.8) is 0 Å². The molecule has 1 aromatic heterocycles. The SMILES string of the molecule is Cc1ccsc1CN(C)C(=O)CNC(=O)NCc1ccc(F)cc1. The molecule has 0 unspecified atom stereocenters. The summed E-state index contributed by atoms with van der Waals surface area (Å²) in [7, 11) is 1.71. The third-order valence-electron chi connectivity index (χ3n) is 3.54. The molecule has 2 aromatic rings. The van der Waals surface area contributed by atoms with Gasteiger partial charge in [0.1, 0.15) is 5.82 Å². The summed E-state index contributed by atoms with van der Waals surface area (Å²) in [5.41, 5.74) is 1.94. The quantitative estimate of drug-likeness (QED) is 0.842. The molecule has 5 nitrogen and oxygen atoms in total. The molecule has 128 valence electrons. The molecule has 0 fully saturated rings. The van der Waals surface area contributed by atoms with Crippen LogP contribution in [0.3, 0.4) is 0 Å². The number of nitrogens with zero attached hydrogens (tertiary/aromatic N) is 1. The Balaban J connectivity index is 1.71. The van der Waals surface area contributed by atoms with E-state index in [4.69, 9.17) is 0 Å². The minimum Gasteiger partial charge on any atom is -0.339 e. The monoisotopic (exact) mass is 349 g/mol. The highest BCUT2D eigenvalue weighted by atomic mass is 32.1. The molecule has 0 bridgehead atoms. The van der Waals surface area contributed by atoms with E-state index in [1.165, 1.54) is 12.1 Å². The summed E-state index contributed by atoms with van der Waals surface area (Å²) in [5.74, 6) is -0.488. The number of nitrogens with one attached hydrogen (secondary N) is 2. The molecule has 24 heavy (non-hydrogen) atoms. The minimum atomic E-state index is -0.437. The fourth-order valence-electron chi connectivity index (χ4n) is 2.01. The molecule has 0 atom stereocenters. The van der Waals surface area contributed by atoms with Crippen LogP contribution in [-0.2, 0) is 17.9 Å². The van der Waals surface area contributed by atoms with E-state index in [0.717, 1.165) is 16.0 Å². The third kappa shape index (κ3) is 5.34. The van der Waals surface area contributed by atoms with Crippen LogP contribution in [0.5, 0.6) is 0 Å². The zero-order valence-corrected chi connectivity index (χ0v) is 14.5. The number of likely N-dealkylation sites (N-methyl/N-ethyl adjacent to an activating group) is 1. The number of carbonyl (C=O) groups excluding carboxylic acids is 2. The van der Waals surface area contributed by atoms with Crippen LogP contribution < -0.4 is 10.6 Å². The number of amides is 3. The molecule has 1 heterocycles. The first kappa shape index (κ1) is 17.9. The number of thiophene rings is 1. The van der Waals surface area contributed by atoms with Gasteiger partial charge in [0.2, 0.25) is 5.91 Å². The number of hydrogen-bond donors (Lipinski definition) is 2. The van der Waals surface area contributed by atoms with Crippen LogP contribution in [0.4, 0.5) is 9.18 Å². The predicted octanol–water partition coefficient (Wildman–Crippen LogP) is 2.65. The van der Waals surface area contributed by atoms with Crippen molar-refractivity contribution in [2.75, 3.05) is 13.6 Å². The second-order valence-electron chi connectivity index (χ2n) is 5.44. The number of urea groups is 1. The first-order valence-electron chi connectivity index (χ1n) is 7.49. The fraction of sp³-hybridized carbons (Fsp3) is 0.294. The van der Waals surface area contributed by atoms with E-state index in [1.807, 2.05) is 18.4 Å². The van der Waals surface area contributed by atoms with E-state index in [2.05, 4.69) is 10.6 Å². The molecular weight excluding hydrogens is 329 g/mol. The van der Waals surface area contributed by atoms with Crippen molar-refractivity contribution in [1.29, 1.82) is 0 Å². The second-order valence-corrected chi connectivity index (χ2v) is 6.44. The Morgan fingerprint density at radius 2 is 1.88 bits per heavy atom. The number of carbonyl (C=O) groups is 2. The third-order valence-corrected chi connectivity index (χ3v) is 4.55. The number of hydrogen-bond acceptors (Lipinski definition) is 3. The average Bonchev–Trinajstić information content (AvgIpc) is 2.97. The lowest BCUT2D eigenvalue weighted by molar-refractivity contribution is -0.129. The minimum absolute atomic E-state index is 0.0732. The summed E-state index contributed by atoms with van der Waals surface area (Å²) in [4.78, 5) is 26.5. The zero-order valence-electron chi connectivity index (χ0n) is 13.6. The first-order valence-corrected chi connectivity index (χ1v) is 8.36. The predicted molar refractivity (Wildman–Crippen MR) is 92.2 cm³/mol. The van der Waals surface area contributed by atoms with Crippen LogP contribution >= 0.6 is 11.3 Å². The number of rotatable bonds is 6. The zero-order chi connectivity index (χ0) is 17.5. The highest BCUT2D eigenvalue weighted by Crippen LogP contribution is 2.17. The van der Waals surface area contributed by atoms with Crippen molar-refractivity contribution in [3.05, 3.63) is 57.5 Å². The summed E-state index contributed by atoms with van der Waals surface area (Å²) >= 11 is 1.61. The summed E-state index contributed by atoms with van der Waals surface area (Å²) in [6.07, 6.45) is 0. The molecule has 2 rings (SSSR count). The van der Waals surface area contributed by atoms with E-state index in [0.29, 0.717) is 6.54 Å². The largest absolute Gasteiger partial charge is 0.339 e. The summed E-state index contributed by atoms with van der Waals surface area (Å²) in [6.45, 7) is 2.73. The van der Waals surface area contributed by atoms with Crippen LogP contribution in [0, 0.1) is 12.7 Å². The van der Waals surface area contributed by atoms with Gasteiger partial charge in [0.15, 0.2) is 0 Å². The van der Waals surface area contributed by atoms with Gasteiger partial charge in [-0.2, -0.15) is 0 Å². The van der Waals surface area contributed by atoms with Gasteiger partial charge in [0.05, 0.1) is 13.1 Å². The second kappa shape index (κ2) is 8.44. The normalized spacial score (nSPS) is 10.3. The summed E-state index contributed by atoms with van der Waals surface area (Å²) in [5, 5.41) is 7.14. The van der Waals surface area contributed by atoms with Gasteiger partial charge >= 0.3 is 6.03 Å². The molecule has 0 radical (unpaired) electrons. The Kier molecular flexibility index (Phi) is 6.31. The van der Waals surface area contributed by atoms with Gasteiger partial charge in [0.25, 0.3) is 0 Å². The summed E-state index contributed by atoms with van der Waals surface area (Å²) in [6, 6.07) is 7.43. The van der Waals surface area contributed by atoms with E-state index in [-0.39, 0.29) is 24.8 Å². The van der Waals surface area contributed by atoms with E-state index < -0.39 is 6.03 Å². The molecule has 0 saturated heterocycles. The summed E-state index contributed by atoms with van der Waals surface area (Å²) < 4.78 is 12.8. The van der Waals surface area contributed by atoms with Gasteiger partial charge in [0, 0.05) is 18.5 Å². The highest BCUT2D eigenvalue weighted by molar-refractivity contribution is 7.10. The maximum Gasteiger partial charge on any atom is 0.315 e. The van der Waals surface area contributed by atoms with Crippen LogP contribution in [0.25, 0.3) is 0 Å². The van der Waals surface area contributed by atoms with Gasteiger partial charge in [-0.3, -0.25) is 4.79 Å². The maximum absolute atomic E-state index is 12.8. The molecule has 0 aliphatic heterocycles. The molecule has 2 N–H and O–H groups in total. The van der Waals surface area contributed by atoms with Crippen LogP contribution in [-0.4, -0.2) is 30.4 Å². The van der Waals surface area contributed by atoms with Crippen molar-refractivity contribution < 1.29 is 14.0 Å². The Morgan fingerprint density at radius 3 is 2.50 bits per heavy atom.